The van der Waals surface area contributed by atoms with E-state index in [2.05, 4.69) is 4.40 Å². The van der Waals surface area contributed by atoms with Crippen molar-refractivity contribution in [3.05, 3.63) is 47.3 Å². The van der Waals surface area contributed by atoms with Crippen molar-refractivity contribution in [1.82, 2.24) is 4.57 Å². The minimum atomic E-state index is -3.95. The second-order valence-electron chi connectivity index (χ2n) is 5.89. The summed E-state index contributed by atoms with van der Waals surface area (Å²) in [6, 6.07) is 11.4. The van der Waals surface area contributed by atoms with E-state index in [1.54, 1.807) is 30.3 Å². The standard InChI is InChI=1S/C18H16N2O6S2/c1-24-17(21)11-20-13-9-14-15(26-8-7-25-14)10-16(13)27-18(20)19-28(22,23)12-5-3-2-4-6-12/h2-6,9-10H,7-8,11H2,1H3/b19-18-. The molecule has 1 aromatic heterocycles. The van der Waals surface area contributed by atoms with Crippen LogP contribution in [0.5, 0.6) is 11.5 Å². The summed E-state index contributed by atoms with van der Waals surface area (Å²) in [5, 5.41) is 0. The predicted molar refractivity (Wildman–Crippen MR) is 102 cm³/mol. The monoisotopic (exact) mass is 420 g/mol. The number of aromatic nitrogens is 1. The van der Waals surface area contributed by atoms with Crippen molar-refractivity contribution >= 4 is 37.5 Å². The number of carbonyl (C=O) groups excluding carboxylic acids is 1. The van der Waals surface area contributed by atoms with Crippen molar-refractivity contribution in [1.29, 1.82) is 0 Å². The van der Waals surface area contributed by atoms with Crippen molar-refractivity contribution in [3.63, 3.8) is 0 Å². The van der Waals surface area contributed by atoms with Gasteiger partial charge in [-0.1, -0.05) is 29.5 Å². The molecule has 0 saturated carbocycles. The number of ether oxygens (including phenoxy) is 3. The highest BCUT2D eigenvalue weighted by atomic mass is 32.2. The minimum Gasteiger partial charge on any atom is -0.486 e. The van der Waals surface area contributed by atoms with Crippen LogP contribution in [-0.4, -0.2) is 39.3 Å². The number of hydrogen-bond donors (Lipinski definition) is 0. The van der Waals surface area contributed by atoms with Crippen molar-refractivity contribution in [2.45, 2.75) is 11.4 Å². The first-order chi connectivity index (χ1) is 13.5. The summed E-state index contributed by atoms with van der Waals surface area (Å²) in [6.45, 7) is 0.671. The van der Waals surface area contributed by atoms with Crippen molar-refractivity contribution in [3.8, 4) is 11.5 Å². The third kappa shape index (κ3) is 3.48. The van der Waals surface area contributed by atoms with Crippen molar-refractivity contribution < 1.29 is 27.4 Å². The number of thiazole rings is 1. The number of esters is 1. The molecule has 146 valence electrons. The lowest BCUT2D eigenvalue weighted by Gasteiger charge is -2.18. The molecule has 0 bridgehead atoms. The van der Waals surface area contributed by atoms with Gasteiger partial charge in [-0.3, -0.25) is 4.79 Å². The molecule has 0 unspecified atom stereocenters. The van der Waals surface area contributed by atoms with Gasteiger partial charge in [0.05, 0.1) is 22.2 Å². The summed E-state index contributed by atoms with van der Waals surface area (Å²) in [5.41, 5.74) is 0.613. The quantitative estimate of drug-likeness (QED) is 0.599. The SMILES string of the molecule is COC(=O)Cn1/c(=N/S(=O)(=O)c2ccccc2)sc2cc3c(cc21)OCCO3. The Kier molecular flexibility index (Phi) is 4.82. The molecule has 1 aliphatic rings. The Labute approximate surface area is 164 Å². The molecule has 28 heavy (non-hydrogen) atoms. The van der Waals surface area contributed by atoms with Gasteiger partial charge >= 0.3 is 5.97 Å². The molecule has 4 rings (SSSR count). The summed E-state index contributed by atoms with van der Waals surface area (Å²) in [6.07, 6.45) is 0. The molecule has 2 heterocycles. The highest BCUT2D eigenvalue weighted by Gasteiger charge is 2.19. The maximum absolute atomic E-state index is 12.7. The first kappa shape index (κ1) is 18.5. The molecule has 1 aliphatic heterocycles. The first-order valence-corrected chi connectivity index (χ1v) is 10.6. The van der Waals surface area contributed by atoms with Crippen LogP contribution >= 0.6 is 11.3 Å². The van der Waals surface area contributed by atoms with E-state index in [-0.39, 0.29) is 16.2 Å². The maximum Gasteiger partial charge on any atom is 0.325 e. The summed E-state index contributed by atoms with van der Waals surface area (Å²) in [7, 11) is -2.67. The van der Waals surface area contributed by atoms with E-state index < -0.39 is 16.0 Å². The maximum atomic E-state index is 12.7. The Morgan fingerprint density at radius 3 is 2.54 bits per heavy atom. The number of fused-ring (bicyclic) bond motifs is 2. The molecule has 0 aliphatic carbocycles. The second kappa shape index (κ2) is 7.28. The highest BCUT2D eigenvalue weighted by molar-refractivity contribution is 7.90. The lowest BCUT2D eigenvalue weighted by Crippen LogP contribution is -2.22. The summed E-state index contributed by atoms with van der Waals surface area (Å²) in [4.78, 5) is 12.1. The number of benzene rings is 2. The van der Waals surface area contributed by atoms with Gasteiger partial charge < -0.3 is 18.8 Å². The third-order valence-corrected chi connectivity index (χ3v) is 6.54. The number of methoxy groups -OCH3 is 1. The minimum absolute atomic E-state index is 0.0723. The molecule has 0 spiro atoms. The van der Waals surface area contributed by atoms with E-state index in [4.69, 9.17) is 14.2 Å². The lowest BCUT2D eigenvalue weighted by atomic mass is 10.2. The van der Waals surface area contributed by atoms with Gasteiger partial charge in [0.25, 0.3) is 10.0 Å². The average Bonchev–Trinajstić information content (AvgIpc) is 3.02. The zero-order valence-electron chi connectivity index (χ0n) is 14.8. The number of sulfonamides is 1. The smallest absolute Gasteiger partial charge is 0.325 e. The van der Waals surface area contributed by atoms with Gasteiger partial charge in [0.15, 0.2) is 11.5 Å². The predicted octanol–water partition coefficient (Wildman–Crippen LogP) is 1.94. The molecular weight excluding hydrogens is 404 g/mol. The van der Waals surface area contributed by atoms with E-state index in [0.717, 1.165) is 16.0 Å². The number of carbonyl (C=O) groups is 1. The average molecular weight is 420 g/mol. The van der Waals surface area contributed by atoms with Crippen LogP contribution in [0.1, 0.15) is 0 Å². The van der Waals surface area contributed by atoms with Crippen molar-refractivity contribution in [2.24, 2.45) is 4.40 Å². The molecule has 0 amide bonds. The van der Waals surface area contributed by atoms with E-state index in [0.29, 0.717) is 30.2 Å². The molecule has 8 nitrogen and oxygen atoms in total. The Bertz CT molecular complexity index is 1210. The Balaban J connectivity index is 1.94. The first-order valence-electron chi connectivity index (χ1n) is 8.34. The summed E-state index contributed by atoms with van der Waals surface area (Å²) in [5.74, 6) is 0.587. The molecular formula is C18H16N2O6S2. The molecule has 0 atom stereocenters. The lowest BCUT2D eigenvalue weighted by molar-refractivity contribution is -0.141. The Hall–Kier alpha value is -2.85. The van der Waals surface area contributed by atoms with Crippen LogP contribution in [0, 0.1) is 0 Å². The third-order valence-electron chi connectivity index (χ3n) is 4.10. The van der Waals surface area contributed by atoms with Gasteiger partial charge in [0, 0.05) is 12.1 Å². The zero-order chi connectivity index (χ0) is 19.7. The molecule has 0 fully saturated rings. The number of nitrogens with zero attached hydrogens (tertiary/aromatic N) is 2. The molecule has 3 aromatic rings. The zero-order valence-corrected chi connectivity index (χ0v) is 16.5. The number of hydrogen-bond acceptors (Lipinski definition) is 7. The van der Waals surface area contributed by atoms with Gasteiger partial charge in [0.1, 0.15) is 19.8 Å². The second-order valence-corrected chi connectivity index (χ2v) is 8.50. The normalized spacial score (nSPS) is 14.2. The Morgan fingerprint density at radius 2 is 1.86 bits per heavy atom. The van der Waals surface area contributed by atoms with Crippen LogP contribution in [0.25, 0.3) is 10.2 Å². The van der Waals surface area contributed by atoms with Gasteiger partial charge in [0.2, 0.25) is 4.80 Å². The fourth-order valence-corrected chi connectivity index (χ4v) is 5.03. The van der Waals surface area contributed by atoms with Gasteiger partial charge in [-0.05, 0) is 12.1 Å². The Morgan fingerprint density at radius 1 is 1.18 bits per heavy atom. The molecule has 2 aromatic carbocycles. The molecule has 0 N–H and O–H groups in total. The van der Waals surface area contributed by atoms with Crippen LogP contribution in [-0.2, 0) is 26.1 Å². The summed E-state index contributed by atoms with van der Waals surface area (Å²) >= 11 is 1.14. The van der Waals surface area contributed by atoms with Crippen LogP contribution < -0.4 is 14.3 Å². The summed E-state index contributed by atoms with van der Waals surface area (Å²) < 4.78 is 47.5. The topological polar surface area (TPSA) is 96.2 Å². The van der Waals surface area contributed by atoms with Gasteiger partial charge in [-0.2, -0.15) is 8.42 Å². The van der Waals surface area contributed by atoms with E-state index in [9.17, 15) is 13.2 Å². The fourth-order valence-electron chi connectivity index (χ4n) is 2.77. The van der Waals surface area contributed by atoms with Crippen LogP contribution in [0.15, 0.2) is 51.8 Å². The molecule has 0 saturated heterocycles. The molecule has 0 radical (unpaired) electrons. The largest absolute Gasteiger partial charge is 0.486 e. The van der Waals surface area contributed by atoms with E-state index in [1.807, 2.05) is 0 Å². The fraction of sp³-hybridized carbons (Fsp3) is 0.222. The number of rotatable bonds is 4. The van der Waals surface area contributed by atoms with Gasteiger partial charge in [-0.15, -0.1) is 4.40 Å². The van der Waals surface area contributed by atoms with Gasteiger partial charge in [-0.25, -0.2) is 0 Å². The van der Waals surface area contributed by atoms with E-state index in [1.165, 1.54) is 23.8 Å². The van der Waals surface area contributed by atoms with Crippen LogP contribution in [0.2, 0.25) is 0 Å². The van der Waals surface area contributed by atoms with Crippen LogP contribution in [0.3, 0.4) is 0 Å². The van der Waals surface area contributed by atoms with E-state index >= 15 is 0 Å². The van der Waals surface area contributed by atoms with Crippen LogP contribution in [0.4, 0.5) is 0 Å². The van der Waals surface area contributed by atoms with Crippen molar-refractivity contribution in [2.75, 3.05) is 20.3 Å². The molecule has 10 heteroatoms. The highest BCUT2D eigenvalue weighted by Crippen LogP contribution is 2.35.